The van der Waals surface area contributed by atoms with Crippen molar-refractivity contribution in [3.05, 3.63) is 51.7 Å². The zero-order valence-corrected chi connectivity index (χ0v) is 17.8. The van der Waals surface area contributed by atoms with Crippen LogP contribution in [0.5, 0.6) is 5.75 Å². The third-order valence-corrected chi connectivity index (χ3v) is 6.14. The van der Waals surface area contributed by atoms with Gasteiger partial charge in [-0.25, -0.2) is 4.79 Å². The van der Waals surface area contributed by atoms with E-state index in [4.69, 9.17) is 16.3 Å². The topological polar surface area (TPSA) is 44.8 Å². The molecule has 1 saturated heterocycles. The summed E-state index contributed by atoms with van der Waals surface area (Å²) in [6, 6.07) is 11.5. The van der Waals surface area contributed by atoms with Crippen LogP contribution in [-0.2, 0) is 6.54 Å². The van der Waals surface area contributed by atoms with Crippen molar-refractivity contribution in [1.82, 2.24) is 15.1 Å². The lowest BCUT2D eigenvalue weighted by Gasteiger charge is -2.32. The Balaban J connectivity index is 1.29. The minimum atomic E-state index is -0.0456. The van der Waals surface area contributed by atoms with E-state index in [9.17, 15) is 4.79 Å². The van der Waals surface area contributed by atoms with E-state index in [1.165, 1.54) is 4.88 Å². The quantitative estimate of drug-likeness (QED) is 0.689. The smallest absolute Gasteiger partial charge is 0.317 e. The number of nitrogens with zero attached hydrogens (tertiary/aromatic N) is 2. The van der Waals surface area contributed by atoms with E-state index in [1.807, 2.05) is 23.5 Å². The van der Waals surface area contributed by atoms with Gasteiger partial charge in [0.25, 0.3) is 0 Å². The van der Waals surface area contributed by atoms with Crippen molar-refractivity contribution in [2.24, 2.45) is 5.92 Å². The van der Waals surface area contributed by atoms with Crippen LogP contribution in [0.15, 0.2) is 41.8 Å². The van der Waals surface area contributed by atoms with Crippen molar-refractivity contribution in [2.75, 3.05) is 39.8 Å². The zero-order chi connectivity index (χ0) is 19.8. The van der Waals surface area contributed by atoms with E-state index in [-0.39, 0.29) is 6.03 Å². The number of rotatable bonds is 8. The Kier molecular flexibility index (Phi) is 8.01. The number of halogens is 1. The van der Waals surface area contributed by atoms with E-state index in [0.29, 0.717) is 24.1 Å². The summed E-state index contributed by atoms with van der Waals surface area (Å²) < 4.78 is 5.65. The second kappa shape index (κ2) is 10.7. The van der Waals surface area contributed by atoms with Gasteiger partial charge >= 0.3 is 6.03 Å². The SMILES string of the molecule is CN(CCOc1cccc(Cl)c1)C(=O)NCC1CCN(Cc2cccs2)CC1. The summed E-state index contributed by atoms with van der Waals surface area (Å²) in [5.41, 5.74) is 0. The molecule has 0 aliphatic carbocycles. The molecule has 5 nitrogen and oxygen atoms in total. The van der Waals surface area contributed by atoms with Gasteiger partial charge in [-0.1, -0.05) is 23.7 Å². The molecule has 1 aliphatic rings. The molecule has 0 atom stereocenters. The van der Waals surface area contributed by atoms with Crippen LogP contribution in [-0.4, -0.2) is 55.7 Å². The Morgan fingerprint density at radius 1 is 1.32 bits per heavy atom. The number of likely N-dealkylation sites (N-methyl/N-ethyl adjacent to an activating group) is 1. The van der Waals surface area contributed by atoms with Gasteiger partial charge < -0.3 is 15.0 Å². The largest absolute Gasteiger partial charge is 0.492 e. The van der Waals surface area contributed by atoms with Gasteiger partial charge in [-0.15, -0.1) is 11.3 Å². The van der Waals surface area contributed by atoms with Crippen LogP contribution in [0, 0.1) is 5.92 Å². The van der Waals surface area contributed by atoms with Crippen molar-refractivity contribution < 1.29 is 9.53 Å². The predicted octanol–water partition coefficient (Wildman–Crippen LogP) is 4.33. The number of carbonyl (C=O) groups is 1. The molecule has 2 heterocycles. The molecular formula is C21H28ClN3O2S. The number of hydrogen-bond donors (Lipinski definition) is 1. The molecule has 0 unspecified atom stereocenters. The third kappa shape index (κ3) is 6.69. The van der Waals surface area contributed by atoms with E-state index >= 15 is 0 Å². The van der Waals surface area contributed by atoms with Crippen molar-refractivity contribution in [3.8, 4) is 5.75 Å². The fourth-order valence-electron chi connectivity index (χ4n) is 3.30. The Bertz CT molecular complexity index is 733. The van der Waals surface area contributed by atoms with Crippen molar-refractivity contribution >= 4 is 29.0 Å². The van der Waals surface area contributed by atoms with Gasteiger partial charge in [-0.3, -0.25) is 4.90 Å². The minimum absolute atomic E-state index is 0.0456. The summed E-state index contributed by atoms with van der Waals surface area (Å²) in [4.78, 5) is 17.9. The predicted molar refractivity (Wildman–Crippen MR) is 115 cm³/mol. The fraction of sp³-hybridized carbons (Fsp3) is 0.476. The minimum Gasteiger partial charge on any atom is -0.492 e. The number of thiophene rings is 1. The molecule has 152 valence electrons. The van der Waals surface area contributed by atoms with Crippen LogP contribution in [0.1, 0.15) is 17.7 Å². The number of likely N-dealkylation sites (tertiary alicyclic amines) is 1. The molecule has 3 rings (SSSR count). The van der Waals surface area contributed by atoms with Crippen molar-refractivity contribution in [2.45, 2.75) is 19.4 Å². The number of carbonyl (C=O) groups excluding carboxylic acids is 1. The molecule has 1 N–H and O–H groups in total. The first-order valence-electron chi connectivity index (χ1n) is 9.72. The van der Waals surface area contributed by atoms with Crippen LogP contribution in [0.25, 0.3) is 0 Å². The highest BCUT2D eigenvalue weighted by Crippen LogP contribution is 2.20. The number of piperidine rings is 1. The molecular weight excluding hydrogens is 394 g/mol. The summed E-state index contributed by atoms with van der Waals surface area (Å²) >= 11 is 7.76. The molecule has 0 spiro atoms. The lowest BCUT2D eigenvalue weighted by atomic mass is 9.97. The monoisotopic (exact) mass is 421 g/mol. The molecule has 1 aromatic carbocycles. The van der Waals surface area contributed by atoms with E-state index in [2.05, 4.69) is 27.7 Å². The zero-order valence-electron chi connectivity index (χ0n) is 16.3. The maximum Gasteiger partial charge on any atom is 0.317 e. The first kappa shape index (κ1) is 21.0. The van der Waals surface area contributed by atoms with E-state index in [1.54, 1.807) is 24.1 Å². The fourth-order valence-corrected chi connectivity index (χ4v) is 4.22. The van der Waals surface area contributed by atoms with Gasteiger partial charge in [0.05, 0.1) is 6.54 Å². The highest BCUT2D eigenvalue weighted by Gasteiger charge is 2.20. The molecule has 0 radical (unpaired) electrons. The molecule has 1 aliphatic heterocycles. The van der Waals surface area contributed by atoms with Gasteiger partial charge in [0.1, 0.15) is 12.4 Å². The van der Waals surface area contributed by atoms with E-state index in [0.717, 1.165) is 44.8 Å². The first-order valence-corrected chi connectivity index (χ1v) is 11.0. The molecule has 7 heteroatoms. The van der Waals surface area contributed by atoms with Gasteiger partial charge in [-0.05, 0) is 61.5 Å². The van der Waals surface area contributed by atoms with Gasteiger partial charge in [0.15, 0.2) is 0 Å². The summed E-state index contributed by atoms with van der Waals surface area (Å²) in [5.74, 6) is 1.27. The third-order valence-electron chi connectivity index (χ3n) is 5.05. The molecule has 2 amide bonds. The van der Waals surface area contributed by atoms with E-state index < -0.39 is 0 Å². The Morgan fingerprint density at radius 3 is 2.86 bits per heavy atom. The lowest BCUT2D eigenvalue weighted by molar-refractivity contribution is 0.169. The standard InChI is InChI=1S/C21H28ClN3O2S/c1-24(11-12-27-19-5-2-4-18(22)14-19)21(26)23-15-17-7-9-25(10-8-17)16-20-6-3-13-28-20/h2-6,13-14,17H,7-12,15-16H2,1H3,(H,23,26). The number of hydrogen-bond acceptors (Lipinski definition) is 4. The van der Waals surface area contributed by atoms with Crippen LogP contribution in [0.3, 0.4) is 0 Å². The van der Waals surface area contributed by atoms with Crippen LogP contribution in [0.4, 0.5) is 4.79 Å². The molecule has 0 saturated carbocycles. The molecule has 0 bridgehead atoms. The van der Waals surface area contributed by atoms with Crippen LogP contribution < -0.4 is 10.1 Å². The maximum atomic E-state index is 12.3. The number of nitrogens with one attached hydrogen (secondary N) is 1. The summed E-state index contributed by atoms with van der Waals surface area (Å²) in [7, 11) is 1.79. The van der Waals surface area contributed by atoms with Crippen molar-refractivity contribution in [3.63, 3.8) is 0 Å². The molecule has 1 aromatic heterocycles. The summed E-state index contributed by atoms with van der Waals surface area (Å²) in [5, 5.41) is 5.84. The Hall–Kier alpha value is -1.76. The average Bonchev–Trinajstić information content (AvgIpc) is 3.20. The van der Waals surface area contributed by atoms with Gasteiger partial charge in [-0.2, -0.15) is 0 Å². The molecule has 2 aromatic rings. The number of urea groups is 1. The van der Waals surface area contributed by atoms with Crippen molar-refractivity contribution in [1.29, 1.82) is 0 Å². The summed E-state index contributed by atoms with van der Waals surface area (Å²) in [6.45, 7) is 4.95. The number of ether oxygens (including phenoxy) is 1. The number of benzene rings is 1. The molecule has 28 heavy (non-hydrogen) atoms. The highest BCUT2D eigenvalue weighted by molar-refractivity contribution is 7.09. The average molecular weight is 422 g/mol. The Morgan fingerprint density at radius 2 is 2.14 bits per heavy atom. The molecule has 1 fully saturated rings. The second-order valence-electron chi connectivity index (χ2n) is 7.21. The highest BCUT2D eigenvalue weighted by atomic mass is 35.5. The van der Waals surface area contributed by atoms with Gasteiger partial charge in [0.2, 0.25) is 0 Å². The van der Waals surface area contributed by atoms with Gasteiger partial charge in [0, 0.05) is 30.0 Å². The maximum absolute atomic E-state index is 12.3. The van der Waals surface area contributed by atoms with Crippen LogP contribution >= 0.6 is 22.9 Å². The second-order valence-corrected chi connectivity index (χ2v) is 8.68. The number of amides is 2. The van der Waals surface area contributed by atoms with Crippen LogP contribution in [0.2, 0.25) is 5.02 Å². The lowest BCUT2D eigenvalue weighted by Crippen LogP contribution is -2.43. The first-order chi connectivity index (χ1) is 13.6. The Labute approximate surface area is 176 Å². The summed E-state index contributed by atoms with van der Waals surface area (Å²) in [6.07, 6.45) is 2.26. The normalized spacial score (nSPS) is 15.4.